The smallest absolute Gasteiger partial charge is 0.400 e. The van der Waals surface area contributed by atoms with Crippen molar-refractivity contribution >= 4 is 23.3 Å². The molecule has 19 heavy (non-hydrogen) atoms. The monoisotopic (exact) mass is 293 g/mol. The number of anilines is 1. The van der Waals surface area contributed by atoms with Gasteiger partial charge in [-0.15, -0.1) is 11.8 Å². The summed E-state index contributed by atoms with van der Waals surface area (Å²) < 4.78 is 38.2. The highest BCUT2D eigenvalue weighted by molar-refractivity contribution is 7.98. The molecule has 4 N–H and O–H groups in total. The van der Waals surface area contributed by atoms with E-state index < -0.39 is 24.5 Å². The van der Waals surface area contributed by atoms with Gasteiger partial charge < -0.3 is 16.3 Å². The summed E-state index contributed by atoms with van der Waals surface area (Å²) in [5.74, 6) is -2.89. The van der Waals surface area contributed by atoms with Gasteiger partial charge in [0.15, 0.2) is 5.84 Å². The Morgan fingerprint density at radius 2 is 2.11 bits per heavy atom. The lowest BCUT2D eigenvalue weighted by molar-refractivity contribution is -0.152. The van der Waals surface area contributed by atoms with Crippen molar-refractivity contribution in [2.75, 3.05) is 18.1 Å². The van der Waals surface area contributed by atoms with Gasteiger partial charge in [0.2, 0.25) is 0 Å². The largest absolute Gasteiger partial charge is 0.409 e. The van der Waals surface area contributed by atoms with Crippen molar-refractivity contribution in [1.29, 1.82) is 0 Å². The number of para-hydroxylation sites is 1. The van der Waals surface area contributed by atoms with Gasteiger partial charge in [-0.3, -0.25) is 0 Å². The van der Waals surface area contributed by atoms with Crippen LogP contribution in [0.1, 0.15) is 0 Å². The normalized spacial score (nSPS) is 14.2. The maximum atomic E-state index is 12.7. The van der Waals surface area contributed by atoms with Crippen LogP contribution < -0.4 is 11.1 Å². The molecule has 8 heteroatoms. The van der Waals surface area contributed by atoms with Crippen LogP contribution in [0.5, 0.6) is 0 Å². The average molecular weight is 293 g/mol. The van der Waals surface area contributed by atoms with Gasteiger partial charge in [0.05, 0.1) is 0 Å². The molecule has 0 radical (unpaired) electrons. The molecule has 1 unspecified atom stereocenters. The minimum atomic E-state index is -4.57. The molecule has 1 aromatic carbocycles. The SMILES string of the molecule is CSc1ccccc1NCC(/C(N)=N/O)C(F)(F)F. The number of alkyl halides is 3. The Hall–Kier alpha value is -1.57. The average Bonchev–Trinajstić information content (AvgIpc) is 2.37. The van der Waals surface area contributed by atoms with Crippen LogP contribution in [0, 0.1) is 5.92 Å². The van der Waals surface area contributed by atoms with E-state index in [-0.39, 0.29) is 0 Å². The summed E-state index contributed by atoms with van der Waals surface area (Å²) >= 11 is 1.41. The third-order valence-corrected chi connectivity index (χ3v) is 3.27. The second-order valence-electron chi connectivity index (χ2n) is 3.70. The van der Waals surface area contributed by atoms with Gasteiger partial charge >= 0.3 is 6.18 Å². The predicted molar refractivity (Wildman–Crippen MR) is 69.7 cm³/mol. The van der Waals surface area contributed by atoms with Crippen LogP contribution in [0.4, 0.5) is 18.9 Å². The maximum absolute atomic E-state index is 12.7. The number of amidine groups is 1. The number of hydrogen-bond acceptors (Lipinski definition) is 4. The molecule has 0 bridgehead atoms. The summed E-state index contributed by atoms with van der Waals surface area (Å²) in [5.41, 5.74) is 5.65. The Labute approximate surface area is 112 Å². The summed E-state index contributed by atoms with van der Waals surface area (Å²) in [7, 11) is 0. The zero-order chi connectivity index (χ0) is 14.5. The van der Waals surface area contributed by atoms with Crippen LogP contribution in [0.25, 0.3) is 0 Å². The van der Waals surface area contributed by atoms with Crippen LogP contribution >= 0.6 is 11.8 Å². The maximum Gasteiger partial charge on any atom is 0.400 e. The number of halogens is 3. The fraction of sp³-hybridized carbons (Fsp3) is 0.364. The van der Waals surface area contributed by atoms with Crippen molar-refractivity contribution < 1.29 is 18.4 Å². The second kappa shape index (κ2) is 6.55. The van der Waals surface area contributed by atoms with Gasteiger partial charge in [-0.1, -0.05) is 17.3 Å². The van der Waals surface area contributed by atoms with Gasteiger partial charge in [-0.2, -0.15) is 13.2 Å². The van der Waals surface area contributed by atoms with E-state index in [9.17, 15) is 13.2 Å². The molecule has 1 aromatic rings. The van der Waals surface area contributed by atoms with Crippen LogP contribution in [0.3, 0.4) is 0 Å². The van der Waals surface area contributed by atoms with Crippen LogP contribution in [0.2, 0.25) is 0 Å². The number of oxime groups is 1. The number of nitrogens with two attached hydrogens (primary N) is 1. The first kappa shape index (κ1) is 15.5. The summed E-state index contributed by atoms with van der Waals surface area (Å²) in [6.07, 6.45) is -2.75. The molecule has 0 aromatic heterocycles. The second-order valence-corrected chi connectivity index (χ2v) is 4.55. The van der Waals surface area contributed by atoms with Crippen molar-refractivity contribution in [2.45, 2.75) is 11.1 Å². The van der Waals surface area contributed by atoms with Gasteiger partial charge in [0.25, 0.3) is 0 Å². The van der Waals surface area contributed by atoms with Crippen molar-refractivity contribution in [3.63, 3.8) is 0 Å². The Kier molecular flexibility index (Phi) is 5.34. The van der Waals surface area contributed by atoms with E-state index in [1.807, 2.05) is 6.26 Å². The highest BCUT2D eigenvalue weighted by Crippen LogP contribution is 2.29. The summed E-state index contributed by atoms with van der Waals surface area (Å²) in [5, 5.41) is 13.5. The van der Waals surface area contributed by atoms with E-state index in [4.69, 9.17) is 10.9 Å². The van der Waals surface area contributed by atoms with Crippen LogP contribution in [-0.2, 0) is 0 Å². The van der Waals surface area contributed by atoms with Gasteiger partial charge in [0.1, 0.15) is 5.92 Å². The van der Waals surface area contributed by atoms with Crippen molar-refractivity contribution in [2.24, 2.45) is 16.8 Å². The molecular weight excluding hydrogens is 279 g/mol. The van der Waals surface area contributed by atoms with E-state index >= 15 is 0 Å². The highest BCUT2D eigenvalue weighted by Gasteiger charge is 2.42. The number of nitrogens with one attached hydrogen (secondary N) is 1. The van der Waals surface area contributed by atoms with Crippen LogP contribution in [-0.4, -0.2) is 30.0 Å². The number of nitrogens with zero attached hydrogens (tertiary/aromatic N) is 1. The van der Waals surface area contributed by atoms with Crippen molar-refractivity contribution in [3.05, 3.63) is 24.3 Å². The van der Waals surface area contributed by atoms with E-state index in [0.29, 0.717) is 5.69 Å². The molecule has 0 saturated heterocycles. The molecule has 0 aliphatic carbocycles. The highest BCUT2D eigenvalue weighted by atomic mass is 32.2. The molecular formula is C11H14F3N3OS. The predicted octanol–water partition coefficient (Wildman–Crippen LogP) is 2.75. The van der Waals surface area contributed by atoms with Crippen molar-refractivity contribution in [3.8, 4) is 0 Å². The lowest BCUT2D eigenvalue weighted by atomic mass is 10.1. The van der Waals surface area contributed by atoms with E-state index in [1.54, 1.807) is 24.3 Å². The Balaban J connectivity index is 2.82. The molecule has 1 rings (SSSR count). The number of hydrogen-bond donors (Lipinski definition) is 3. The van der Waals surface area contributed by atoms with Gasteiger partial charge in [-0.25, -0.2) is 0 Å². The number of benzene rings is 1. The lowest BCUT2D eigenvalue weighted by Gasteiger charge is -2.20. The molecule has 1 atom stereocenters. The molecule has 0 saturated carbocycles. The minimum absolute atomic E-state index is 0.489. The van der Waals surface area contributed by atoms with E-state index in [0.717, 1.165) is 4.90 Å². The quantitative estimate of drug-likeness (QED) is 0.257. The molecule has 0 heterocycles. The zero-order valence-electron chi connectivity index (χ0n) is 10.1. The topological polar surface area (TPSA) is 70.6 Å². The molecule has 0 spiro atoms. The molecule has 4 nitrogen and oxygen atoms in total. The summed E-state index contributed by atoms with van der Waals surface area (Å²) in [6, 6.07) is 6.97. The molecule has 0 amide bonds. The molecule has 0 aliphatic heterocycles. The summed E-state index contributed by atoms with van der Waals surface area (Å²) in [6.45, 7) is -0.489. The molecule has 0 fully saturated rings. The van der Waals surface area contributed by atoms with Crippen molar-refractivity contribution in [1.82, 2.24) is 0 Å². The Morgan fingerprint density at radius 3 is 2.63 bits per heavy atom. The number of thioether (sulfide) groups is 1. The first-order valence-electron chi connectivity index (χ1n) is 5.31. The minimum Gasteiger partial charge on any atom is -0.409 e. The van der Waals surface area contributed by atoms with E-state index in [1.165, 1.54) is 11.8 Å². The molecule has 106 valence electrons. The standard InChI is InChI=1S/C11H14F3N3OS/c1-19-9-5-3-2-4-8(9)16-6-7(10(15)17-18)11(12,13)14/h2-5,7,16,18H,6H2,1H3,(H2,15,17). The third-order valence-electron chi connectivity index (χ3n) is 2.47. The fourth-order valence-corrected chi connectivity index (χ4v) is 2.04. The third kappa shape index (κ3) is 4.23. The van der Waals surface area contributed by atoms with E-state index in [2.05, 4.69) is 10.5 Å². The first-order valence-corrected chi connectivity index (χ1v) is 6.53. The Morgan fingerprint density at radius 1 is 1.47 bits per heavy atom. The molecule has 0 aliphatic rings. The summed E-state index contributed by atoms with van der Waals surface area (Å²) in [4.78, 5) is 0.822. The van der Waals surface area contributed by atoms with Gasteiger partial charge in [-0.05, 0) is 18.4 Å². The first-order chi connectivity index (χ1) is 8.90. The van der Waals surface area contributed by atoms with Gasteiger partial charge in [0, 0.05) is 17.1 Å². The fourth-order valence-electron chi connectivity index (χ4n) is 1.46. The van der Waals surface area contributed by atoms with Crippen LogP contribution in [0.15, 0.2) is 34.3 Å². The zero-order valence-corrected chi connectivity index (χ0v) is 10.9. The Bertz CT molecular complexity index is 451. The number of rotatable bonds is 5. The lowest BCUT2D eigenvalue weighted by Crippen LogP contribution is -2.40.